The SMILES string of the molecule is COc1ccc(C(=O)CC(C)(C)CC(=O)O)cc1. The van der Waals surface area contributed by atoms with Crippen LogP contribution in [0.5, 0.6) is 5.75 Å². The smallest absolute Gasteiger partial charge is 0.303 e. The van der Waals surface area contributed by atoms with Crippen molar-refractivity contribution < 1.29 is 19.4 Å². The molecule has 0 fully saturated rings. The van der Waals surface area contributed by atoms with E-state index in [1.807, 2.05) is 0 Å². The van der Waals surface area contributed by atoms with E-state index >= 15 is 0 Å². The van der Waals surface area contributed by atoms with E-state index in [2.05, 4.69) is 0 Å². The molecule has 0 saturated heterocycles. The highest BCUT2D eigenvalue weighted by Gasteiger charge is 2.25. The van der Waals surface area contributed by atoms with Gasteiger partial charge >= 0.3 is 5.97 Å². The lowest BCUT2D eigenvalue weighted by molar-refractivity contribution is -0.139. The van der Waals surface area contributed by atoms with Gasteiger partial charge in [0.05, 0.1) is 13.5 Å². The Morgan fingerprint density at radius 3 is 2.17 bits per heavy atom. The van der Waals surface area contributed by atoms with E-state index in [-0.39, 0.29) is 18.6 Å². The lowest BCUT2D eigenvalue weighted by Crippen LogP contribution is -2.21. The Labute approximate surface area is 107 Å². The van der Waals surface area contributed by atoms with Crippen LogP contribution in [0.1, 0.15) is 37.0 Å². The van der Waals surface area contributed by atoms with Gasteiger partial charge in [0.1, 0.15) is 5.75 Å². The van der Waals surface area contributed by atoms with Gasteiger partial charge in [0.25, 0.3) is 0 Å². The van der Waals surface area contributed by atoms with Crippen LogP contribution in [-0.2, 0) is 4.79 Å². The molecule has 0 bridgehead atoms. The summed E-state index contributed by atoms with van der Waals surface area (Å²) in [6, 6.07) is 6.82. The monoisotopic (exact) mass is 250 g/mol. The van der Waals surface area contributed by atoms with Gasteiger partial charge in [-0.15, -0.1) is 0 Å². The number of rotatable bonds is 6. The number of carbonyl (C=O) groups excluding carboxylic acids is 1. The molecule has 1 aromatic carbocycles. The first-order valence-corrected chi connectivity index (χ1v) is 5.73. The van der Waals surface area contributed by atoms with Crippen LogP contribution < -0.4 is 4.74 Å². The molecule has 1 N–H and O–H groups in total. The van der Waals surface area contributed by atoms with Crippen molar-refractivity contribution in [2.75, 3.05) is 7.11 Å². The summed E-state index contributed by atoms with van der Waals surface area (Å²) in [5.41, 5.74) is 0.0392. The minimum atomic E-state index is -0.887. The topological polar surface area (TPSA) is 63.6 Å². The van der Waals surface area contributed by atoms with Crippen molar-refractivity contribution in [3.05, 3.63) is 29.8 Å². The van der Waals surface area contributed by atoms with Crippen molar-refractivity contribution in [3.8, 4) is 5.75 Å². The number of hydrogen-bond acceptors (Lipinski definition) is 3. The Balaban J connectivity index is 2.72. The Kier molecular flexibility index (Phi) is 4.48. The van der Waals surface area contributed by atoms with Crippen LogP contribution in [-0.4, -0.2) is 24.0 Å². The van der Waals surface area contributed by atoms with Gasteiger partial charge in [0, 0.05) is 12.0 Å². The lowest BCUT2D eigenvalue weighted by Gasteiger charge is -2.21. The average Bonchev–Trinajstić information content (AvgIpc) is 2.26. The highest BCUT2D eigenvalue weighted by molar-refractivity contribution is 5.96. The summed E-state index contributed by atoms with van der Waals surface area (Å²) in [4.78, 5) is 22.7. The zero-order valence-corrected chi connectivity index (χ0v) is 10.9. The maximum atomic E-state index is 12.0. The molecule has 1 rings (SSSR count). The Morgan fingerprint density at radius 2 is 1.72 bits per heavy atom. The molecule has 0 aromatic heterocycles. The maximum Gasteiger partial charge on any atom is 0.303 e. The quantitative estimate of drug-likeness (QED) is 0.788. The molecule has 0 amide bonds. The third-order valence-electron chi connectivity index (χ3n) is 2.68. The van der Waals surface area contributed by atoms with Crippen molar-refractivity contribution in [2.24, 2.45) is 5.41 Å². The van der Waals surface area contributed by atoms with Crippen LogP contribution in [0, 0.1) is 5.41 Å². The van der Waals surface area contributed by atoms with Crippen molar-refractivity contribution in [3.63, 3.8) is 0 Å². The lowest BCUT2D eigenvalue weighted by atomic mass is 9.82. The molecule has 0 aliphatic carbocycles. The Morgan fingerprint density at radius 1 is 1.17 bits per heavy atom. The highest BCUT2D eigenvalue weighted by atomic mass is 16.5. The number of benzene rings is 1. The van der Waals surface area contributed by atoms with Gasteiger partial charge < -0.3 is 9.84 Å². The van der Waals surface area contributed by atoms with Gasteiger partial charge in [0.15, 0.2) is 5.78 Å². The number of carboxylic acids is 1. The van der Waals surface area contributed by atoms with E-state index in [1.54, 1.807) is 45.2 Å². The molecule has 0 aliphatic rings. The van der Waals surface area contributed by atoms with Crippen LogP contribution >= 0.6 is 0 Å². The van der Waals surface area contributed by atoms with Gasteiger partial charge in [-0.05, 0) is 29.7 Å². The fourth-order valence-corrected chi connectivity index (χ4v) is 1.79. The van der Waals surface area contributed by atoms with E-state index < -0.39 is 11.4 Å². The van der Waals surface area contributed by atoms with E-state index in [0.717, 1.165) is 0 Å². The molecular weight excluding hydrogens is 232 g/mol. The minimum absolute atomic E-state index is 0.0190. The van der Waals surface area contributed by atoms with E-state index in [4.69, 9.17) is 9.84 Å². The van der Waals surface area contributed by atoms with Crippen molar-refractivity contribution >= 4 is 11.8 Å². The summed E-state index contributed by atoms with van der Waals surface area (Å²) in [6.45, 7) is 3.56. The molecule has 98 valence electrons. The molecule has 4 heteroatoms. The van der Waals surface area contributed by atoms with Crippen LogP contribution in [0.25, 0.3) is 0 Å². The third-order valence-corrected chi connectivity index (χ3v) is 2.68. The van der Waals surface area contributed by atoms with Crippen molar-refractivity contribution in [1.82, 2.24) is 0 Å². The molecule has 18 heavy (non-hydrogen) atoms. The fraction of sp³-hybridized carbons (Fsp3) is 0.429. The van der Waals surface area contributed by atoms with Crippen LogP contribution in [0.3, 0.4) is 0 Å². The molecular formula is C14H18O4. The van der Waals surface area contributed by atoms with E-state index in [1.165, 1.54) is 0 Å². The standard InChI is InChI=1S/C14H18O4/c1-14(2,9-13(16)17)8-12(15)10-4-6-11(18-3)7-5-10/h4-7H,8-9H2,1-3H3,(H,16,17). The molecule has 4 nitrogen and oxygen atoms in total. The highest BCUT2D eigenvalue weighted by Crippen LogP contribution is 2.27. The van der Waals surface area contributed by atoms with Crippen molar-refractivity contribution in [2.45, 2.75) is 26.7 Å². The number of Topliss-reactive ketones (excluding diaryl/α,β-unsaturated/α-hetero) is 1. The summed E-state index contributed by atoms with van der Waals surface area (Å²) in [7, 11) is 1.56. The van der Waals surface area contributed by atoms with Crippen LogP contribution in [0.2, 0.25) is 0 Å². The molecule has 0 unspecified atom stereocenters. The number of ketones is 1. The first-order chi connectivity index (χ1) is 8.34. The summed E-state index contributed by atoms with van der Waals surface area (Å²) in [5, 5.41) is 8.77. The van der Waals surface area contributed by atoms with Crippen LogP contribution in [0.15, 0.2) is 24.3 Å². The number of hydrogen-bond donors (Lipinski definition) is 1. The van der Waals surface area contributed by atoms with Gasteiger partial charge in [-0.2, -0.15) is 0 Å². The second-order valence-electron chi connectivity index (χ2n) is 5.06. The van der Waals surface area contributed by atoms with E-state index in [0.29, 0.717) is 11.3 Å². The van der Waals surface area contributed by atoms with Crippen LogP contribution in [0.4, 0.5) is 0 Å². The molecule has 0 atom stereocenters. The zero-order chi connectivity index (χ0) is 13.8. The molecule has 1 aromatic rings. The molecule has 0 saturated carbocycles. The molecule has 0 spiro atoms. The number of carbonyl (C=O) groups is 2. The van der Waals surface area contributed by atoms with Gasteiger partial charge in [-0.1, -0.05) is 13.8 Å². The third kappa shape index (κ3) is 4.20. The first kappa shape index (κ1) is 14.2. The predicted molar refractivity (Wildman–Crippen MR) is 68.0 cm³/mol. The Bertz CT molecular complexity index is 432. The number of aliphatic carboxylic acids is 1. The first-order valence-electron chi connectivity index (χ1n) is 5.73. The van der Waals surface area contributed by atoms with Crippen molar-refractivity contribution in [1.29, 1.82) is 0 Å². The number of ether oxygens (including phenoxy) is 1. The number of carboxylic acid groups (broad SMARTS) is 1. The largest absolute Gasteiger partial charge is 0.497 e. The minimum Gasteiger partial charge on any atom is -0.497 e. The number of methoxy groups -OCH3 is 1. The maximum absolute atomic E-state index is 12.0. The normalized spacial score (nSPS) is 11.1. The summed E-state index contributed by atoms with van der Waals surface area (Å²) >= 11 is 0. The Hall–Kier alpha value is -1.84. The predicted octanol–water partition coefficient (Wildman–Crippen LogP) is 2.77. The summed E-state index contributed by atoms with van der Waals surface area (Å²) in [6.07, 6.45) is 0.195. The molecule has 0 aliphatic heterocycles. The zero-order valence-electron chi connectivity index (χ0n) is 10.9. The van der Waals surface area contributed by atoms with Gasteiger partial charge in [-0.25, -0.2) is 0 Å². The summed E-state index contributed by atoms with van der Waals surface area (Å²) in [5.74, 6) is -0.247. The van der Waals surface area contributed by atoms with E-state index in [9.17, 15) is 9.59 Å². The second-order valence-corrected chi connectivity index (χ2v) is 5.06. The van der Waals surface area contributed by atoms with Gasteiger partial charge in [-0.3, -0.25) is 9.59 Å². The molecule has 0 heterocycles. The average molecular weight is 250 g/mol. The van der Waals surface area contributed by atoms with Gasteiger partial charge in [0.2, 0.25) is 0 Å². The summed E-state index contributed by atoms with van der Waals surface area (Å²) < 4.78 is 5.01. The second kappa shape index (κ2) is 5.67. The molecule has 0 radical (unpaired) electrons. The fourth-order valence-electron chi connectivity index (χ4n) is 1.79.